The summed E-state index contributed by atoms with van der Waals surface area (Å²) in [7, 11) is 0. The zero-order chi connectivity index (χ0) is 30.8. The van der Waals surface area contributed by atoms with Crippen LogP contribution in [0.25, 0.3) is 0 Å². The number of aromatic hydroxyl groups is 2. The molecule has 8 atom stereocenters. The molecule has 4 heterocycles. The fourth-order valence-corrected chi connectivity index (χ4v) is 7.14. The van der Waals surface area contributed by atoms with Crippen molar-refractivity contribution in [2.24, 2.45) is 23.7 Å². The monoisotopic (exact) mass is 604 g/mol. The van der Waals surface area contributed by atoms with E-state index in [1.165, 1.54) is 12.1 Å². The Morgan fingerprint density at radius 2 is 1.72 bits per heavy atom. The molecule has 43 heavy (non-hydrogen) atoms. The van der Waals surface area contributed by atoms with E-state index in [1.54, 1.807) is 6.07 Å². The van der Waals surface area contributed by atoms with Crippen molar-refractivity contribution >= 4 is 17.8 Å². The summed E-state index contributed by atoms with van der Waals surface area (Å²) in [5.74, 6) is -1.73. The number of phenolic OH excluding ortho intramolecular Hbond substituents is 2. The summed E-state index contributed by atoms with van der Waals surface area (Å²) in [5, 5.41) is 24.4. The first-order valence-corrected chi connectivity index (χ1v) is 15.4. The molecule has 4 saturated heterocycles. The van der Waals surface area contributed by atoms with E-state index in [2.05, 4.69) is 17.6 Å². The number of amides is 2. The van der Waals surface area contributed by atoms with Gasteiger partial charge in [-0.25, -0.2) is 9.78 Å². The molecular formula is C31H44N2O10. The second-order valence-corrected chi connectivity index (χ2v) is 12.6. The summed E-state index contributed by atoms with van der Waals surface area (Å²) in [6, 6.07) is 4.53. The number of carbonyl (C=O) groups excluding carboxylic acids is 3. The number of hydrogen-bond donors (Lipinski definition) is 4. The molecule has 238 valence electrons. The van der Waals surface area contributed by atoms with E-state index in [0.717, 1.165) is 24.8 Å². The van der Waals surface area contributed by atoms with E-state index in [1.807, 2.05) is 13.8 Å². The zero-order valence-electron chi connectivity index (χ0n) is 25.1. The highest BCUT2D eigenvalue weighted by atomic mass is 17.3. The number of fused-ring (bicyclic) bond motifs is 2. The minimum Gasteiger partial charge on any atom is -0.504 e. The Labute approximate surface area is 251 Å². The second kappa shape index (κ2) is 13.0. The van der Waals surface area contributed by atoms with Gasteiger partial charge in [-0.15, -0.1) is 0 Å². The van der Waals surface area contributed by atoms with Gasteiger partial charge in [-0.05, 0) is 68.6 Å². The maximum atomic E-state index is 12.7. The lowest BCUT2D eigenvalue weighted by Gasteiger charge is -2.59. The fraction of sp³-hybridized carbons (Fsp3) is 0.710. The first kappa shape index (κ1) is 31.5. The summed E-state index contributed by atoms with van der Waals surface area (Å²) in [5.41, 5.74) is 0.0543. The Bertz CT molecular complexity index is 1200. The van der Waals surface area contributed by atoms with Crippen LogP contribution in [0, 0.1) is 23.7 Å². The summed E-state index contributed by atoms with van der Waals surface area (Å²) in [6.07, 6.45) is 3.09. The van der Waals surface area contributed by atoms with E-state index < -0.39 is 29.9 Å². The number of phenols is 2. The summed E-state index contributed by atoms with van der Waals surface area (Å²) < 4.78 is 18.3. The Morgan fingerprint density at radius 1 is 0.953 bits per heavy atom. The third-order valence-electron chi connectivity index (χ3n) is 9.58. The minimum atomic E-state index is -0.913. The van der Waals surface area contributed by atoms with Crippen molar-refractivity contribution in [1.29, 1.82) is 0 Å². The summed E-state index contributed by atoms with van der Waals surface area (Å²) in [4.78, 5) is 49.0. The van der Waals surface area contributed by atoms with Gasteiger partial charge in [-0.2, -0.15) is 0 Å². The Kier molecular flexibility index (Phi) is 9.50. The van der Waals surface area contributed by atoms with Gasteiger partial charge in [0.2, 0.25) is 23.9 Å². The minimum absolute atomic E-state index is 0.0342. The van der Waals surface area contributed by atoms with Gasteiger partial charge >= 0.3 is 5.97 Å². The highest BCUT2D eigenvalue weighted by molar-refractivity contribution is 5.81. The first-order valence-electron chi connectivity index (χ1n) is 15.4. The second-order valence-electron chi connectivity index (χ2n) is 12.6. The molecule has 2 amide bonds. The van der Waals surface area contributed by atoms with Gasteiger partial charge in [0.1, 0.15) is 0 Å². The van der Waals surface area contributed by atoms with Gasteiger partial charge in [-0.1, -0.05) is 19.9 Å². The molecule has 12 heteroatoms. The van der Waals surface area contributed by atoms with Gasteiger partial charge < -0.3 is 35.1 Å². The van der Waals surface area contributed by atoms with E-state index in [4.69, 9.17) is 24.0 Å². The molecule has 1 spiro atoms. The molecule has 0 aromatic heterocycles. The van der Waals surface area contributed by atoms with Crippen LogP contribution in [0.4, 0.5) is 0 Å². The molecule has 0 radical (unpaired) electrons. The van der Waals surface area contributed by atoms with Gasteiger partial charge in [0.05, 0.1) is 6.42 Å². The lowest BCUT2D eigenvalue weighted by atomic mass is 9.58. The average Bonchev–Trinajstić information content (AvgIpc) is 3.20. The molecule has 5 fully saturated rings. The topological polar surface area (TPSA) is 162 Å². The molecule has 4 aliphatic heterocycles. The quantitative estimate of drug-likeness (QED) is 0.128. The zero-order valence-corrected chi connectivity index (χ0v) is 25.1. The molecule has 6 rings (SSSR count). The van der Waals surface area contributed by atoms with Crippen LogP contribution in [-0.4, -0.2) is 65.1 Å². The highest BCUT2D eigenvalue weighted by Crippen LogP contribution is 2.60. The molecule has 5 aliphatic rings. The smallest absolute Gasteiger partial charge is 0.308 e. The van der Waals surface area contributed by atoms with Crippen LogP contribution in [0.1, 0.15) is 77.7 Å². The predicted molar refractivity (Wildman–Crippen MR) is 151 cm³/mol. The third kappa shape index (κ3) is 6.77. The van der Waals surface area contributed by atoms with Gasteiger partial charge in [-0.3, -0.25) is 14.4 Å². The van der Waals surface area contributed by atoms with Crippen molar-refractivity contribution in [2.45, 2.75) is 103 Å². The van der Waals surface area contributed by atoms with Crippen LogP contribution in [-0.2, 0) is 44.8 Å². The largest absolute Gasteiger partial charge is 0.504 e. The Hall–Kier alpha value is -2.93. The van der Waals surface area contributed by atoms with Crippen LogP contribution in [0.2, 0.25) is 0 Å². The van der Waals surface area contributed by atoms with Crippen LogP contribution >= 0.6 is 0 Å². The number of esters is 1. The Morgan fingerprint density at radius 3 is 2.51 bits per heavy atom. The third-order valence-corrected chi connectivity index (χ3v) is 9.58. The first-order chi connectivity index (χ1) is 20.5. The molecular weight excluding hydrogens is 560 g/mol. The van der Waals surface area contributed by atoms with Crippen LogP contribution < -0.4 is 10.6 Å². The van der Waals surface area contributed by atoms with Crippen LogP contribution in [0.3, 0.4) is 0 Å². The SMILES string of the molecule is C[C@@H]1[C@H](OC(=O)CCC(=O)NCCCC(=O)NCCc2ccc(O)c(O)c2)O[C@H]2O[C@@]3(C)CC[C@H]4[C@H](C)CC[C@@H]1[C@@]24OO3. The van der Waals surface area contributed by atoms with E-state index >= 15 is 0 Å². The van der Waals surface area contributed by atoms with E-state index in [-0.39, 0.29) is 60.3 Å². The molecule has 1 aliphatic carbocycles. The number of rotatable bonds is 11. The molecule has 2 bridgehead atoms. The van der Waals surface area contributed by atoms with E-state index in [0.29, 0.717) is 38.3 Å². The number of carbonyl (C=O) groups is 3. The van der Waals surface area contributed by atoms with Crippen LogP contribution in [0.15, 0.2) is 18.2 Å². The normalized spacial score (nSPS) is 34.5. The fourth-order valence-electron chi connectivity index (χ4n) is 7.14. The number of nitrogens with one attached hydrogen (secondary N) is 2. The Balaban J connectivity index is 1.01. The maximum absolute atomic E-state index is 12.7. The summed E-state index contributed by atoms with van der Waals surface area (Å²) >= 11 is 0. The molecule has 4 N–H and O–H groups in total. The standard InChI is InChI=1S/C31H44N2O10/c1-18-6-8-22-19(2)28(40-29-31(22)21(18)12-14-30(3,41-29)42-43-31)39-27(38)11-10-26(37)32-15-4-5-25(36)33-16-13-20-7-9-23(34)24(35)17-20/h7,9,17-19,21-22,28-29,34-35H,4-6,8,10-16H2,1-3H3,(H,32,37)(H,33,36)/t18-,19+,21+,22+,28-,29+,30-,31-/m1/s1. The lowest BCUT2D eigenvalue weighted by Crippen LogP contribution is -2.70. The summed E-state index contributed by atoms with van der Waals surface area (Å²) in [6.45, 7) is 6.78. The average molecular weight is 605 g/mol. The van der Waals surface area contributed by atoms with Crippen molar-refractivity contribution in [3.63, 3.8) is 0 Å². The molecule has 12 nitrogen and oxygen atoms in total. The van der Waals surface area contributed by atoms with Crippen molar-refractivity contribution in [1.82, 2.24) is 10.6 Å². The predicted octanol–water partition coefficient (Wildman–Crippen LogP) is 3.18. The van der Waals surface area contributed by atoms with Gasteiger partial charge in [0.15, 0.2) is 23.4 Å². The number of ether oxygens (including phenoxy) is 3. The van der Waals surface area contributed by atoms with Crippen molar-refractivity contribution in [3.05, 3.63) is 23.8 Å². The number of benzene rings is 1. The molecule has 1 aromatic rings. The van der Waals surface area contributed by atoms with Crippen molar-refractivity contribution in [3.8, 4) is 11.5 Å². The lowest BCUT2D eigenvalue weighted by molar-refractivity contribution is -0.576. The molecule has 0 unspecified atom stereocenters. The molecule has 1 saturated carbocycles. The van der Waals surface area contributed by atoms with Crippen LogP contribution in [0.5, 0.6) is 11.5 Å². The number of hydrogen-bond acceptors (Lipinski definition) is 10. The van der Waals surface area contributed by atoms with Crippen molar-refractivity contribution in [2.75, 3.05) is 13.1 Å². The molecule has 1 aromatic carbocycles. The van der Waals surface area contributed by atoms with Crippen molar-refractivity contribution < 1.29 is 48.6 Å². The van der Waals surface area contributed by atoms with Gasteiger partial charge in [0.25, 0.3) is 0 Å². The van der Waals surface area contributed by atoms with Gasteiger partial charge in [0, 0.05) is 44.2 Å². The maximum Gasteiger partial charge on any atom is 0.308 e. The highest BCUT2D eigenvalue weighted by Gasteiger charge is 2.69. The van der Waals surface area contributed by atoms with E-state index in [9.17, 15) is 24.6 Å².